The molecule has 3 fully saturated rings. The summed E-state index contributed by atoms with van der Waals surface area (Å²) in [6.07, 6.45) is -6.76. The number of fused-ring (bicyclic) bond motifs is 2. The Hall–Kier alpha value is -1.44. The van der Waals surface area contributed by atoms with Gasteiger partial charge in [-0.2, -0.15) is 21.6 Å². The number of ether oxygens (including phenoxy) is 4. The second kappa shape index (κ2) is 7.11. The molecule has 2 heterocycles. The lowest BCUT2D eigenvalue weighted by atomic mass is 9.78. The Morgan fingerprint density at radius 3 is 2.50 bits per heavy atom. The van der Waals surface area contributed by atoms with Gasteiger partial charge in [-0.15, -0.1) is 0 Å². The third-order valence-corrected chi connectivity index (χ3v) is 5.94. The molecule has 0 amide bonds. The van der Waals surface area contributed by atoms with E-state index >= 15 is 0 Å². The van der Waals surface area contributed by atoms with Crippen LogP contribution in [0, 0.1) is 11.8 Å². The Balaban J connectivity index is 1.75. The van der Waals surface area contributed by atoms with Gasteiger partial charge >= 0.3 is 18.1 Å². The Morgan fingerprint density at radius 2 is 1.96 bits per heavy atom. The second-order valence-corrected chi connectivity index (χ2v) is 8.82. The average Bonchev–Trinajstić information content (AvgIpc) is 3.29. The van der Waals surface area contributed by atoms with Gasteiger partial charge < -0.3 is 18.9 Å². The lowest BCUT2D eigenvalue weighted by Crippen LogP contribution is -2.53. The maximum atomic E-state index is 13.3. The van der Waals surface area contributed by atoms with E-state index in [1.807, 2.05) is 0 Å². The van der Waals surface area contributed by atoms with E-state index in [1.165, 1.54) is 0 Å². The molecule has 6 unspecified atom stereocenters. The lowest BCUT2D eigenvalue weighted by Gasteiger charge is -2.35. The predicted molar refractivity (Wildman–Crippen MR) is 82.5 cm³/mol. The molecule has 0 spiro atoms. The molecular weight excluding hydrogens is 413 g/mol. The van der Waals surface area contributed by atoms with Crippen molar-refractivity contribution in [2.75, 3.05) is 19.0 Å². The summed E-state index contributed by atoms with van der Waals surface area (Å²) >= 11 is 0. The van der Waals surface area contributed by atoms with Gasteiger partial charge in [0.15, 0.2) is 0 Å². The number of hydrogen-bond acceptors (Lipinski definition) is 8. The summed E-state index contributed by atoms with van der Waals surface area (Å²) in [6.45, 7) is 1.04. The molecule has 1 N–H and O–H groups in total. The largest absolute Gasteiger partial charge is 0.459 e. The highest BCUT2D eigenvalue weighted by Gasteiger charge is 2.59. The third kappa shape index (κ3) is 4.58. The van der Waals surface area contributed by atoms with E-state index in [2.05, 4.69) is 4.74 Å². The molecule has 0 aromatic carbocycles. The van der Waals surface area contributed by atoms with Crippen LogP contribution in [-0.4, -0.2) is 74.0 Å². The van der Waals surface area contributed by atoms with Gasteiger partial charge in [-0.3, -0.25) is 14.1 Å². The number of rotatable bonds is 7. The summed E-state index contributed by atoms with van der Waals surface area (Å²) < 4.78 is 91.1. The molecule has 2 bridgehead atoms. The van der Waals surface area contributed by atoms with E-state index in [9.17, 15) is 31.2 Å². The van der Waals surface area contributed by atoms with E-state index in [4.69, 9.17) is 18.8 Å². The molecule has 2 aliphatic heterocycles. The second-order valence-electron chi connectivity index (χ2n) is 7.36. The Morgan fingerprint density at radius 1 is 1.32 bits per heavy atom. The van der Waals surface area contributed by atoms with Gasteiger partial charge in [0.25, 0.3) is 10.1 Å². The van der Waals surface area contributed by atoms with Gasteiger partial charge in [0.05, 0.1) is 31.2 Å². The minimum Gasteiger partial charge on any atom is -0.459 e. The average molecular weight is 432 g/mol. The molecule has 160 valence electrons. The number of alkyl halides is 3. The van der Waals surface area contributed by atoms with E-state index in [0.717, 1.165) is 0 Å². The fraction of sp³-hybridized carbons (Fsp3) is 0.867. The van der Waals surface area contributed by atoms with Crippen LogP contribution in [0.5, 0.6) is 0 Å². The van der Waals surface area contributed by atoms with Crippen LogP contribution in [0.1, 0.15) is 19.8 Å². The Bertz CT molecular complexity index is 748. The molecule has 0 radical (unpaired) electrons. The molecule has 0 aromatic heterocycles. The van der Waals surface area contributed by atoms with Gasteiger partial charge in [-0.05, 0) is 13.3 Å². The van der Waals surface area contributed by atoms with Crippen molar-refractivity contribution in [3.05, 3.63) is 0 Å². The van der Waals surface area contributed by atoms with E-state index in [0.29, 0.717) is 13.5 Å². The Labute approximate surface area is 158 Å². The molecule has 3 rings (SSSR count). The third-order valence-electron chi connectivity index (χ3n) is 5.03. The van der Waals surface area contributed by atoms with Gasteiger partial charge in [0, 0.05) is 6.42 Å². The normalized spacial score (nSPS) is 34.5. The Kier molecular flexibility index (Phi) is 5.40. The number of hydrogen-bond donors (Lipinski definition) is 1. The summed E-state index contributed by atoms with van der Waals surface area (Å²) in [7, 11) is -5.11. The van der Waals surface area contributed by atoms with Crippen LogP contribution in [-0.2, 0) is 38.7 Å². The summed E-state index contributed by atoms with van der Waals surface area (Å²) in [4.78, 5) is 24.5. The maximum absolute atomic E-state index is 13.3. The van der Waals surface area contributed by atoms with Crippen LogP contribution in [0.4, 0.5) is 13.2 Å². The smallest absolute Gasteiger partial charge is 0.429 e. The molecular formula is C15H19F3O9S. The quantitative estimate of drug-likeness (QED) is 0.347. The van der Waals surface area contributed by atoms with Crippen LogP contribution < -0.4 is 0 Å². The SMILES string of the molecule is CC(CS(=O)(=O)O)(OC(=O)C1CC(OCC2CO2)C2CC1C(=O)O2)C(F)(F)F. The number of halogens is 3. The standard InChI is InChI=1S/C15H19F3O9S/c1-14(15(16,17)18,6-28(21,22)23)27-13(20)9-2-10(25-5-7-4-24-7)11-3-8(9)12(19)26-11/h7-11H,2-6H2,1H3,(H,21,22,23). The number of carbonyl (C=O) groups excluding carboxylic acids is 2. The summed E-state index contributed by atoms with van der Waals surface area (Å²) in [5.41, 5.74) is -3.48. The van der Waals surface area contributed by atoms with Crippen LogP contribution in [0.3, 0.4) is 0 Å². The monoisotopic (exact) mass is 432 g/mol. The molecule has 0 aromatic rings. The minimum atomic E-state index is -5.27. The van der Waals surface area contributed by atoms with Gasteiger partial charge in [-0.1, -0.05) is 0 Å². The summed E-state index contributed by atoms with van der Waals surface area (Å²) in [6, 6.07) is 0. The predicted octanol–water partition coefficient (Wildman–Crippen LogP) is 0.474. The molecule has 1 saturated carbocycles. The molecule has 1 aliphatic carbocycles. The minimum absolute atomic E-state index is 0.0792. The first-order valence-corrected chi connectivity index (χ1v) is 10.1. The highest BCUT2D eigenvalue weighted by molar-refractivity contribution is 7.85. The summed E-state index contributed by atoms with van der Waals surface area (Å²) in [5, 5.41) is 0. The number of epoxide rings is 1. The first-order chi connectivity index (χ1) is 12.8. The molecule has 13 heteroatoms. The van der Waals surface area contributed by atoms with Gasteiger partial charge in [0.2, 0.25) is 5.60 Å². The molecule has 6 atom stereocenters. The van der Waals surface area contributed by atoms with Crippen LogP contribution in [0.2, 0.25) is 0 Å². The fourth-order valence-corrected chi connectivity index (χ4v) is 4.32. The first kappa shape index (κ1) is 21.3. The van der Waals surface area contributed by atoms with Crippen molar-refractivity contribution in [3.63, 3.8) is 0 Å². The summed E-state index contributed by atoms with van der Waals surface area (Å²) in [5.74, 6) is -6.30. The molecule has 2 saturated heterocycles. The van der Waals surface area contributed by atoms with Crippen molar-refractivity contribution in [2.45, 2.75) is 49.9 Å². The van der Waals surface area contributed by atoms with Crippen LogP contribution in [0.15, 0.2) is 0 Å². The topological polar surface area (TPSA) is 129 Å². The zero-order valence-corrected chi connectivity index (χ0v) is 15.5. The van der Waals surface area contributed by atoms with E-state index in [-0.39, 0.29) is 25.6 Å². The van der Waals surface area contributed by atoms with Crippen molar-refractivity contribution >= 4 is 22.1 Å². The maximum Gasteiger partial charge on any atom is 0.429 e. The van der Waals surface area contributed by atoms with Crippen molar-refractivity contribution in [3.8, 4) is 0 Å². The van der Waals surface area contributed by atoms with Crippen LogP contribution in [0.25, 0.3) is 0 Å². The molecule has 3 aliphatic rings. The van der Waals surface area contributed by atoms with Crippen molar-refractivity contribution in [1.29, 1.82) is 0 Å². The van der Waals surface area contributed by atoms with Gasteiger partial charge in [-0.25, -0.2) is 0 Å². The van der Waals surface area contributed by atoms with Crippen molar-refractivity contribution < 1.29 is 54.7 Å². The zero-order valence-electron chi connectivity index (χ0n) is 14.7. The van der Waals surface area contributed by atoms with Crippen molar-refractivity contribution in [2.24, 2.45) is 11.8 Å². The highest BCUT2D eigenvalue weighted by Crippen LogP contribution is 2.43. The first-order valence-electron chi connectivity index (χ1n) is 8.47. The van der Waals surface area contributed by atoms with E-state index in [1.54, 1.807) is 0 Å². The molecule has 9 nitrogen and oxygen atoms in total. The number of esters is 2. The van der Waals surface area contributed by atoms with Gasteiger partial charge in [0.1, 0.15) is 18.0 Å². The van der Waals surface area contributed by atoms with Crippen LogP contribution >= 0.6 is 0 Å². The van der Waals surface area contributed by atoms with E-state index < -0.39 is 63.6 Å². The zero-order chi connectivity index (χ0) is 20.9. The van der Waals surface area contributed by atoms with Crippen molar-refractivity contribution in [1.82, 2.24) is 0 Å². The lowest BCUT2D eigenvalue weighted by molar-refractivity contribution is -0.259. The molecule has 28 heavy (non-hydrogen) atoms. The number of carbonyl (C=O) groups is 2. The highest BCUT2D eigenvalue weighted by atomic mass is 32.2. The fourth-order valence-electron chi connectivity index (χ4n) is 3.40.